The number of hydrogen-bond acceptors (Lipinski definition) is 4. The molecule has 1 heterocycles. The molecule has 0 bridgehead atoms. The van der Waals surface area contributed by atoms with Gasteiger partial charge in [-0.15, -0.1) is 23.1 Å². The number of aryl methyl sites for hydroxylation is 1. The van der Waals surface area contributed by atoms with Crippen molar-refractivity contribution in [3.8, 4) is 10.6 Å². The van der Waals surface area contributed by atoms with Crippen molar-refractivity contribution >= 4 is 29.1 Å². The van der Waals surface area contributed by atoms with E-state index in [1.54, 1.807) is 13.0 Å². The molecule has 0 saturated carbocycles. The van der Waals surface area contributed by atoms with E-state index < -0.39 is 5.97 Å². The van der Waals surface area contributed by atoms with E-state index in [9.17, 15) is 9.18 Å². The second-order valence-electron chi connectivity index (χ2n) is 3.77. The number of halogens is 1. The summed E-state index contributed by atoms with van der Waals surface area (Å²) in [5.74, 6) is -0.641. The zero-order valence-electron chi connectivity index (χ0n) is 10.4. The molecule has 0 aliphatic heterocycles. The average Bonchev–Trinajstić information content (AvgIpc) is 2.71. The van der Waals surface area contributed by atoms with Crippen LogP contribution in [-0.4, -0.2) is 21.8 Å². The van der Waals surface area contributed by atoms with Crippen molar-refractivity contribution < 1.29 is 14.3 Å². The van der Waals surface area contributed by atoms with Gasteiger partial charge in [-0.2, -0.15) is 0 Å². The molecule has 0 fully saturated rings. The van der Waals surface area contributed by atoms with Crippen molar-refractivity contribution in [2.24, 2.45) is 0 Å². The van der Waals surface area contributed by atoms with E-state index in [0.717, 1.165) is 10.6 Å². The van der Waals surface area contributed by atoms with Crippen LogP contribution >= 0.6 is 23.1 Å². The van der Waals surface area contributed by atoms with E-state index in [0.29, 0.717) is 15.4 Å². The van der Waals surface area contributed by atoms with E-state index in [1.165, 1.54) is 29.2 Å². The Labute approximate surface area is 118 Å². The summed E-state index contributed by atoms with van der Waals surface area (Å²) in [6.45, 7) is 3.66. The molecule has 0 saturated heterocycles. The van der Waals surface area contributed by atoms with E-state index in [1.807, 2.05) is 13.0 Å². The molecule has 2 rings (SSSR count). The number of benzene rings is 1. The van der Waals surface area contributed by atoms with E-state index >= 15 is 0 Å². The predicted molar refractivity (Wildman–Crippen MR) is 75.6 cm³/mol. The number of carbonyl (C=O) groups is 1. The van der Waals surface area contributed by atoms with Crippen molar-refractivity contribution in [3.63, 3.8) is 0 Å². The second kappa shape index (κ2) is 5.71. The number of aromatic nitrogens is 1. The van der Waals surface area contributed by atoms with Crippen molar-refractivity contribution in [2.75, 3.05) is 5.75 Å². The third kappa shape index (κ3) is 2.79. The fourth-order valence-corrected chi connectivity index (χ4v) is 3.54. The van der Waals surface area contributed by atoms with Gasteiger partial charge in [-0.25, -0.2) is 14.2 Å². The van der Waals surface area contributed by atoms with Gasteiger partial charge in [0.15, 0.2) is 5.69 Å². The fourth-order valence-electron chi connectivity index (χ4n) is 1.69. The molecule has 1 aromatic heterocycles. The van der Waals surface area contributed by atoms with Crippen LogP contribution in [0.25, 0.3) is 10.6 Å². The molecular weight excluding hydrogens is 285 g/mol. The zero-order valence-corrected chi connectivity index (χ0v) is 12.1. The Kier molecular flexibility index (Phi) is 4.21. The number of rotatable bonds is 4. The molecule has 0 unspecified atom stereocenters. The maximum Gasteiger partial charge on any atom is 0.355 e. The van der Waals surface area contributed by atoms with Gasteiger partial charge >= 0.3 is 5.97 Å². The molecule has 100 valence electrons. The monoisotopic (exact) mass is 297 g/mol. The largest absolute Gasteiger partial charge is 0.476 e. The standard InChI is InChI=1S/C13H12FNO2S2/c1-3-18-9-6-4-5-8(14)10(9)12-15-11(13(16)17)7(2)19-12/h4-6H,3H2,1-2H3,(H,16,17). The summed E-state index contributed by atoms with van der Waals surface area (Å²) in [6.07, 6.45) is 0. The lowest BCUT2D eigenvalue weighted by Gasteiger charge is -2.06. The Morgan fingerprint density at radius 3 is 2.84 bits per heavy atom. The van der Waals surface area contributed by atoms with Gasteiger partial charge in [0.05, 0.1) is 5.56 Å². The number of thiazole rings is 1. The smallest absolute Gasteiger partial charge is 0.355 e. The third-order valence-electron chi connectivity index (χ3n) is 2.49. The Bertz CT molecular complexity index is 625. The van der Waals surface area contributed by atoms with Gasteiger partial charge < -0.3 is 5.11 Å². The molecule has 0 spiro atoms. The van der Waals surface area contributed by atoms with Crippen molar-refractivity contribution in [3.05, 3.63) is 34.6 Å². The van der Waals surface area contributed by atoms with Gasteiger partial charge in [-0.1, -0.05) is 13.0 Å². The van der Waals surface area contributed by atoms with Crippen LogP contribution in [0.3, 0.4) is 0 Å². The van der Waals surface area contributed by atoms with Crippen LogP contribution < -0.4 is 0 Å². The van der Waals surface area contributed by atoms with Gasteiger partial charge in [0.2, 0.25) is 0 Å². The van der Waals surface area contributed by atoms with Crippen LogP contribution in [0, 0.1) is 12.7 Å². The number of carboxylic acids is 1. The van der Waals surface area contributed by atoms with Gasteiger partial charge in [0, 0.05) is 9.77 Å². The number of aromatic carboxylic acids is 1. The van der Waals surface area contributed by atoms with Crippen LogP contribution in [0.1, 0.15) is 22.3 Å². The Morgan fingerprint density at radius 2 is 2.26 bits per heavy atom. The minimum atomic E-state index is -1.08. The lowest BCUT2D eigenvalue weighted by atomic mass is 10.2. The van der Waals surface area contributed by atoms with Crippen LogP contribution in [0.2, 0.25) is 0 Å². The third-order valence-corrected chi connectivity index (χ3v) is 4.42. The first kappa shape index (κ1) is 14.0. The minimum Gasteiger partial charge on any atom is -0.476 e. The highest BCUT2D eigenvalue weighted by Gasteiger charge is 2.19. The first-order valence-corrected chi connectivity index (χ1v) is 7.47. The average molecular weight is 297 g/mol. The number of nitrogens with zero attached hydrogens (tertiary/aromatic N) is 1. The number of thioether (sulfide) groups is 1. The Morgan fingerprint density at radius 1 is 1.53 bits per heavy atom. The fraction of sp³-hybridized carbons (Fsp3) is 0.231. The minimum absolute atomic E-state index is 0.00398. The molecular formula is C13H12FNO2S2. The van der Waals surface area contributed by atoms with E-state index in [2.05, 4.69) is 4.98 Å². The highest BCUT2D eigenvalue weighted by molar-refractivity contribution is 7.99. The molecule has 0 aliphatic carbocycles. The molecule has 19 heavy (non-hydrogen) atoms. The maximum absolute atomic E-state index is 14.0. The zero-order chi connectivity index (χ0) is 14.0. The summed E-state index contributed by atoms with van der Waals surface area (Å²) in [5.41, 5.74) is 0.394. The first-order chi connectivity index (χ1) is 9.04. The molecule has 0 amide bonds. The van der Waals surface area contributed by atoms with Crippen molar-refractivity contribution in [1.29, 1.82) is 0 Å². The molecule has 0 aliphatic rings. The summed E-state index contributed by atoms with van der Waals surface area (Å²) >= 11 is 2.72. The van der Waals surface area contributed by atoms with Crippen LogP contribution in [0.15, 0.2) is 23.1 Å². The summed E-state index contributed by atoms with van der Waals surface area (Å²) in [4.78, 5) is 16.4. The van der Waals surface area contributed by atoms with Crippen molar-refractivity contribution in [2.45, 2.75) is 18.7 Å². The summed E-state index contributed by atoms with van der Waals surface area (Å²) in [7, 11) is 0. The van der Waals surface area contributed by atoms with Gasteiger partial charge in [-0.3, -0.25) is 0 Å². The normalized spacial score (nSPS) is 10.7. The van der Waals surface area contributed by atoms with Crippen LogP contribution in [0.5, 0.6) is 0 Å². The molecule has 0 atom stereocenters. The lowest BCUT2D eigenvalue weighted by molar-refractivity contribution is 0.0690. The molecule has 1 N–H and O–H groups in total. The molecule has 0 radical (unpaired) electrons. The van der Waals surface area contributed by atoms with Crippen LogP contribution in [0.4, 0.5) is 4.39 Å². The van der Waals surface area contributed by atoms with E-state index in [-0.39, 0.29) is 11.5 Å². The number of carboxylic acid groups (broad SMARTS) is 1. The molecule has 1 aromatic carbocycles. The topological polar surface area (TPSA) is 50.2 Å². The molecule has 3 nitrogen and oxygen atoms in total. The van der Waals surface area contributed by atoms with E-state index in [4.69, 9.17) is 5.11 Å². The summed E-state index contributed by atoms with van der Waals surface area (Å²) < 4.78 is 14.0. The molecule has 6 heteroatoms. The van der Waals surface area contributed by atoms with Gasteiger partial charge in [-0.05, 0) is 24.8 Å². The van der Waals surface area contributed by atoms with Gasteiger partial charge in [0.1, 0.15) is 10.8 Å². The highest BCUT2D eigenvalue weighted by atomic mass is 32.2. The summed E-state index contributed by atoms with van der Waals surface area (Å²) in [5, 5.41) is 9.43. The maximum atomic E-state index is 14.0. The molecule has 2 aromatic rings. The quantitative estimate of drug-likeness (QED) is 0.864. The van der Waals surface area contributed by atoms with Crippen LogP contribution in [-0.2, 0) is 0 Å². The summed E-state index contributed by atoms with van der Waals surface area (Å²) in [6, 6.07) is 4.84. The Hall–Kier alpha value is -1.40. The highest BCUT2D eigenvalue weighted by Crippen LogP contribution is 2.36. The SMILES string of the molecule is CCSc1cccc(F)c1-c1nc(C(=O)O)c(C)s1. The first-order valence-electron chi connectivity index (χ1n) is 5.67. The predicted octanol–water partition coefficient (Wildman–Crippen LogP) is 4.07. The lowest BCUT2D eigenvalue weighted by Crippen LogP contribution is -1.98. The Balaban J connectivity index is 2.58. The van der Waals surface area contributed by atoms with Crippen molar-refractivity contribution in [1.82, 2.24) is 4.98 Å². The van der Waals surface area contributed by atoms with Gasteiger partial charge in [0.25, 0.3) is 0 Å². The second-order valence-corrected chi connectivity index (χ2v) is 6.28. The number of hydrogen-bond donors (Lipinski definition) is 1.